The van der Waals surface area contributed by atoms with Gasteiger partial charge in [0.05, 0.1) is 9.83 Å². The molecule has 2 rings (SSSR count). The van der Waals surface area contributed by atoms with Crippen LogP contribution in [-0.4, -0.2) is 0 Å². The average Bonchev–Trinajstić information content (AvgIpc) is 2.75. The third-order valence-corrected chi connectivity index (χ3v) is 4.96. The summed E-state index contributed by atoms with van der Waals surface area (Å²) in [6.07, 6.45) is 0.914. The van der Waals surface area contributed by atoms with E-state index in [-0.39, 0.29) is 6.04 Å². The first-order valence-electron chi connectivity index (χ1n) is 6.28. The molecular formula is C15H19BrN2S. The molecule has 2 nitrogen and oxygen atoms in total. The summed E-state index contributed by atoms with van der Waals surface area (Å²) in [5, 5.41) is 2.15. The fraction of sp³-hybridized carbons (Fsp3) is 0.333. The molecule has 2 aromatic rings. The molecule has 0 fully saturated rings. The SMILES string of the molecule is Cc1cc(C)c(CC(NN)c2csc(Br)c2)c(C)c1. The highest BCUT2D eigenvalue weighted by Gasteiger charge is 2.15. The zero-order valence-corrected chi connectivity index (χ0v) is 13.9. The van der Waals surface area contributed by atoms with Crippen molar-refractivity contribution in [3.63, 3.8) is 0 Å². The van der Waals surface area contributed by atoms with Crippen molar-refractivity contribution in [1.29, 1.82) is 0 Å². The van der Waals surface area contributed by atoms with Gasteiger partial charge in [0.15, 0.2) is 0 Å². The molecule has 1 heterocycles. The molecule has 3 N–H and O–H groups in total. The molecule has 19 heavy (non-hydrogen) atoms. The summed E-state index contributed by atoms with van der Waals surface area (Å²) < 4.78 is 1.14. The van der Waals surface area contributed by atoms with Crippen LogP contribution in [0.25, 0.3) is 0 Å². The standard InChI is InChI=1S/C15H19BrN2S/c1-9-4-10(2)13(11(3)5-9)7-14(18-17)12-6-15(16)19-8-12/h4-6,8,14,18H,7,17H2,1-3H3. The van der Waals surface area contributed by atoms with Crippen LogP contribution in [0.5, 0.6) is 0 Å². The highest BCUT2D eigenvalue weighted by molar-refractivity contribution is 9.11. The fourth-order valence-electron chi connectivity index (χ4n) is 2.52. The first kappa shape index (κ1) is 14.7. The van der Waals surface area contributed by atoms with Crippen molar-refractivity contribution in [3.8, 4) is 0 Å². The van der Waals surface area contributed by atoms with Crippen molar-refractivity contribution < 1.29 is 0 Å². The van der Waals surface area contributed by atoms with Crippen LogP contribution in [0.15, 0.2) is 27.4 Å². The van der Waals surface area contributed by atoms with Gasteiger partial charge in [0.25, 0.3) is 0 Å². The number of halogens is 1. The van der Waals surface area contributed by atoms with E-state index in [9.17, 15) is 0 Å². The fourth-order valence-corrected chi connectivity index (χ4v) is 3.74. The molecule has 0 bridgehead atoms. The summed E-state index contributed by atoms with van der Waals surface area (Å²) >= 11 is 5.19. The molecule has 0 aliphatic carbocycles. The van der Waals surface area contributed by atoms with Crippen molar-refractivity contribution in [2.75, 3.05) is 0 Å². The van der Waals surface area contributed by atoms with Crippen LogP contribution in [0.2, 0.25) is 0 Å². The van der Waals surface area contributed by atoms with E-state index in [1.165, 1.54) is 27.8 Å². The van der Waals surface area contributed by atoms with Gasteiger partial charge in [-0.05, 0) is 76.8 Å². The van der Waals surface area contributed by atoms with Crippen molar-refractivity contribution in [2.24, 2.45) is 5.84 Å². The Labute approximate surface area is 127 Å². The number of thiophene rings is 1. The maximum absolute atomic E-state index is 5.73. The van der Waals surface area contributed by atoms with Gasteiger partial charge >= 0.3 is 0 Å². The van der Waals surface area contributed by atoms with Crippen molar-refractivity contribution in [2.45, 2.75) is 33.2 Å². The zero-order chi connectivity index (χ0) is 14.0. The number of nitrogens with two attached hydrogens (primary N) is 1. The summed E-state index contributed by atoms with van der Waals surface area (Å²) in [6, 6.07) is 6.76. The predicted octanol–water partition coefficient (Wildman–Crippen LogP) is 4.18. The molecule has 0 aliphatic heterocycles. The van der Waals surface area contributed by atoms with Gasteiger partial charge in [-0.25, -0.2) is 0 Å². The van der Waals surface area contributed by atoms with Crippen LogP contribution >= 0.6 is 27.3 Å². The number of hydrogen-bond donors (Lipinski definition) is 2. The Morgan fingerprint density at radius 2 is 1.84 bits per heavy atom. The van der Waals surface area contributed by atoms with Gasteiger partial charge in [-0.15, -0.1) is 11.3 Å². The normalized spacial score (nSPS) is 12.7. The Kier molecular flexibility index (Phi) is 4.79. The number of hydrazine groups is 1. The molecule has 1 unspecified atom stereocenters. The maximum Gasteiger partial charge on any atom is 0.0701 e. The molecule has 1 atom stereocenters. The number of rotatable bonds is 4. The number of nitrogens with one attached hydrogen (secondary N) is 1. The predicted molar refractivity (Wildman–Crippen MR) is 86.4 cm³/mol. The smallest absolute Gasteiger partial charge is 0.0701 e. The van der Waals surface area contributed by atoms with Crippen LogP contribution in [0, 0.1) is 20.8 Å². The minimum atomic E-state index is 0.155. The second kappa shape index (κ2) is 6.18. The number of benzene rings is 1. The molecule has 0 spiro atoms. The van der Waals surface area contributed by atoms with Gasteiger partial charge in [-0.1, -0.05) is 17.7 Å². The minimum Gasteiger partial charge on any atom is -0.271 e. The first-order valence-corrected chi connectivity index (χ1v) is 7.95. The summed E-state index contributed by atoms with van der Waals surface area (Å²) in [7, 11) is 0. The van der Waals surface area contributed by atoms with Gasteiger partial charge in [-0.3, -0.25) is 11.3 Å². The molecule has 0 aliphatic rings. The average molecular weight is 339 g/mol. The largest absolute Gasteiger partial charge is 0.271 e. The van der Waals surface area contributed by atoms with Gasteiger partial charge in [0.1, 0.15) is 0 Å². The van der Waals surface area contributed by atoms with E-state index >= 15 is 0 Å². The number of hydrogen-bond acceptors (Lipinski definition) is 3. The summed E-state index contributed by atoms with van der Waals surface area (Å²) in [4.78, 5) is 0. The van der Waals surface area contributed by atoms with E-state index in [4.69, 9.17) is 5.84 Å². The van der Waals surface area contributed by atoms with E-state index in [2.05, 4.69) is 65.7 Å². The highest BCUT2D eigenvalue weighted by atomic mass is 79.9. The van der Waals surface area contributed by atoms with Gasteiger partial charge in [-0.2, -0.15) is 0 Å². The quantitative estimate of drug-likeness (QED) is 0.648. The Hall–Kier alpha value is -0.680. The van der Waals surface area contributed by atoms with E-state index < -0.39 is 0 Å². The second-order valence-corrected chi connectivity index (χ2v) is 7.28. The Morgan fingerprint density at radius 1 is 1.21 bits per heavy atom. The molecule has 0 saturated carbocycles. The molecule has 0 amide bonds. The Balaban J connectivity index is 2.28. The van der Waals surface area contributed by atoms with Crippen LogP contribution in [0.3, 0.4) is 0 Å². The van der Waals surface area contributed by atoms with E-state index in [1.54, 1.807) is 11.3 Å². The van der Waals surface area contributed by atoms with E-state index in [0.29, 0.717) is 0 Å². The lowest BCUT2D eigenvalue weighted by Crippen LogP contribution is -2.29. The third-order valence-electron chi connectivity index (χ3n) is 3.44. The van der Waals surface area contributed by atoms with Crippen LogP contribution in [-0.2, 0) is 6.42 Å². The summed E-state index contributed by atoms with van der Waals surface area (Å²) in [6.45, 7) is 6.48. The zero-order valence-electron chi connectivity index (χ0n) is 11.5. The molecule has 0 radical (unpaired) electrons. The van der Waals surface area contributed by atoms with Gasteiger partial charge in [0, 0.05) is 0 Å². The molecule has 0 saturated heterocycles. The van der Waals surface area contributed by atoms with Gasteiger partial charge in [0.2, 0.25) is 0 Å². The lowest BCUT2D eigenvalue weighted by atomic mass is 9.93. The van der Waals surface area contributed by atoms with Crippen LogP contribution in [0.4, 0.5) is 0 Å². The van der Waals surface area contributed by atoms with E-state index in [1.807, 2.05) is 0 Å². The van der Waals surface area contributed by atoms with Crippen molar-refractivity contribution >= 4 is 27.3 Å². The minimum absolute atomic E-state index is 0.155. The molecule has 4 heteroatoms. The molecule has 1 aromatic carbocycles. The molecule has 1 aromatic heterocycles. The monoisotopic (exact) mass is 338 g/mol. The molecular weight excluding hydrogens is 320 g/mol. The van der Waals surface area contributed by atoms with Crippen molar-refractivity contribution in [3.05, 3.63) is 55.2 Å². The Morgan fingerprint density at radius 3 is 2.32 bits per heavy atom. The van der Waals surface area contributed by atoms with Crippen LogP contribution in [0.1, 0.15) is 33.9 Å². The third kappa shape index (κ3) is 3.45. The number of aryl methyl sites for hydroxylation is 3. The summed E-state index contributed by atoms with van der Waals surface area (Å²) in [5.41, 5.74) is 9.55. The second-order valence-electron chi connectivity index (χ2n) is 4.98. The lowest BCUT2D eigenvalue weighted by Gasteiger charge is -2.18. The molecule has 102 valence electrons. The highest BCUT2D eigenvalue weighted by Crippen LogP contribution is 2.29. The van der Waals surface area contributed by atoms with Gasteiger partial charge < -0.3 is 0 Å². The Bertz CT molecular complexity index is 554. The topological polar surface area (TPSA) is 38.0 Å². The first-order chi connectivity index (χ1) is 9.01. The lowest BCUT2D eigenvalue weighted by molar-refractivity contribution is 0.551. The van der Waals surface area contributed by atoms with Crippen LogP contribution < -0.4 is 11.3 Å². The van der Waals surface area contributed by atoms with E-state index in [0.717, 1.165) is 10.2 Å². The van der Waals surface area contributed by atoms with Crippen molar-refractivity contribution in [1.82, 2.24) is 5.43 Å². The maximum atomic E-state index is 5.73. The summed E-state index contributed by atoms with van der Waals surface area (Å²) in [5.74, 6) is 5.73.